The maximum atomic E-state index is 12.3. The number of amides is 1. The van der Waals surface area contributed by atoms with E-state index < -0.39 is 20.6 Å². The Bertz CT molecular complexity index is 813. The summed E-state index contributed by atoms with van der Waals surface area (Å²) in [5.74, 6) is -0.0570. The fourth-order valence-corrected chi connectivity index (χ4v) is 3.39. The molecule has 5 N–H and O–H groups in total. The molecule has 1 atom stereocenters. The second-order valence-electron chi connectivity index (χ2n) is 6.74. The van der Waals surface area contributed by atoms with Crippen LogP contribution in [0.1, 0.15) is 19.8 Å². The molecule has 1 saturated heterocycles. The van der Waals surface area contributed by atoms with Crippen LogP contribution in [0.25, 0.3) is 0 Å². The molecule has 1 amide bonds. The van der Waals surface area contributed by atoms with Crippen LogP contribution in [0.3, 0.4) is 0 Å². The maximum Gasteiger partial charge on any atom is 0.293 e. The molecule has 10 nitrogen and oxygen atoms in total. The number of carbonyl (C=O) groups is 1. The van der Waals surface area contributed by atoms with Gasteiger partial charge in [0.1, 0.15) is 5.69 Å². The number of likely N-dealkylation sites (tertiary alicyclic amines) is 1. The largest absolute Gasteiger partial charge is 0.379 e. The summed E-state index contributed by atoms with van der Waals surface area (Å²) in [5.41, 5.74) is 5.38. The minimum Gasteiger partial charge on any atom is -0.379 e. The van der Waals surface area contributed by atoms with Crippen molar-refractivity contribution >= 4 is 27.3 Å². The standard InChI is InChI=1S/C15H23N5O5S/c1-15(9-16)5-7-19(10-15)14(21)4-6-18-12-3-2-11(26(17,24)25)8-13(12)20(22)23/h2-3,8,18H,4-7,9-10,16H2,1H3,(H2,17,24,25). The Morgan fingerprint density at radius 1 is 1.46 bits per heavy atom. The summed E-state index contributed by atoms with van der Waals surface area (Å²) in [4.78, 5) is 24.1. The van der Waals surface area contributed by atoms with Gasteiger partial charge in [-0.05, 0) is 30.5 Å². The molecule has 0 radical (unpaired) electrons. The number of hydrogen-bond donors (Lipinski definition) is 3. The van der Waals surface area contributed by atoms with Gasteiger partial charge in [0.25, 0.3) is 5.69 Å². The number of nitro groups is 1. The summed E-state index contributed by atoms with van der Waals surface area (Å²) in [7, 11) is -4.04. The zero-order chi connectivity index (χ0) is 19.5. The first-order valence-electron chi connectivity index (χ1n) is 8.09. The van der Waals surface area contributed by atoms with E-state index in [0.29, 0.717) is 19.6 Å². The Hall–Kier alpha value is -2.24. The molecule has 1 fully saturated rings. The minimum absolute atomic E-state index is 0.0570. The normalized spacial score (nSPS) is 20.2. The van der Waals surface area contributed by atoms with E-state index in [1.54, 1.807) is 4.90 Å². The second kappa shape index (κ2) is 7.56. The molecule has 0 aliphatic carbocycles. The predicted octanol–water partition coefficient (Wildman–Crippen LogP) is 0.242. The minimum atomic E-state index is -4.04. The molecule has 2 rings (SSSR count). The molecule has 11 heteroatoms. The lowest BCUT2D eigenvalue weighted by Crippen LogP contribution is -2.35. The number of nitrogens with zero attached hydrogens (tertiary/aromatic N) is 2. The van der Waals surface area contributed by atoms with Crippen molar-refractivity contribution in [3.8, 4) is 0 Å². The molecular formula is C15H23N5O5S. The predicted molar refractivity (Wildman–Crippen MR) is 95.9 cm³/mol. The van der Waals surface area contributed by atoms with Gasteiger partial charge in [-0.3, -0.25) is 14.9 Å². The van der Waals surface area contributed by atoms with E-state index in [1.165, 1.54) is 12.1 Å². The number of anilines is 1. The number of sulfonamides is 1. The lowest BCUT2D eigenvalue weighted by Gasteiger charge is -2.22. The average molecular weight is 385 g/mol. The Balaban J connectivity index is 1.99. The molecule has 26 heavy (non-hydrogen) atoms. The van der Waals surface area contributed by atoms with Crippen LogP contribution in [0.2, 0.25) is 0 Å². The lowest BCUT2D eigenvalue weighted by atomic mass is 9.90. The summed E-state index contributed by atoms with van der Waals surface area (Å²) in [6.07, 6.45) is 1.01. The highest BCUT2D eigenvalue weighted by atomic mass is 32.2. The van der Waals surface area contributed by atoms with Gasteiger partial charge in [-0.2, -0.15) is 0 Å². The summed E-state index contributed by atoms with van der Waals surface area (Å²) in [6, 6.07) is 3.34. The second-order valence-corrected chi connectivity index (χ2v) is 8.30. The van der Waals surface area contributed by atoms with Gasteiger partial charge in [-0.1, -0.05) is 6.92 Å². The van der Waals surface area contributed by atoms with E-state index >= 15 is 0 Å². The number of carbonyl (C=O) groups excluding carboxylic acids is 1. The highest BCUT2D eigenvalue weighted by Gasteiger charge is 2.34. The van der Waals surface area contributed by atoms with Crippen molar-refractivity contribution in [1.29, 1.82) is 0 Å². The Kier molecular flexibility index (Phi) is 5.84. The number of nitro benzene ring substituents is 1. The van der Waals surface area contributed by atoms with Crippen molar-refractivity contribution in [2.45, 2.75) is 24.7 Å². The molecular weight excluding hydrogens is 362 g/mol. The van der Waals surface area contributed by atoms with Gasteiger partial charge < -0.3 is 16.0 Å². The van der Waals surface area contributed by atoms with E-state index in [9.17, 15) is 23.3 Å². The topological polar surface area (TPSA) is 162 Å². The van der Waals surface area contributed by atoms with E-state index in [0.717, 1.165) is 12.5 Å². The number of benzene rings is 1. The van der Waals surface area contributed by atoms with Gasteiger partial charge in [0.15, 0.2) is 0 Å². The molecule has 0 saturated carbocycles. The van der Waals surface area contributed by atoms with Gasteiger partial charge in [0.2, 0.25) is 15.9 Å². The van der Waals surface area contributed by atoms with Gasteiger partial charge >= 0.3 is 0 Å². The molecule has 1 aromatic rings. The van der Waals surface area contributed by atoms with Crippen LogP contribution in [0.15, 0.2) is 23.1 Å². The van der Waals surface area contributed by atoms with Crippen molar-refractivity contribution in [3.05, 3.63) is 28.3 Å². The number of rotatable bonds is 7. The van der Waals surface area contributed by atoms with Crippen LogP contribution in [0, 0.1) is 15.5 Å². The molecule has 1 heterocycles. The highest BCUT2D eigenvalue weighted by molar-refractivity contribution is 7.89. The van der Waals surface area contributed by atoms with Crippen LogP contribution >= 0.6 is 0 Å². The van der Waals surface area contributed by atoms with Crippen LogP contribution in [-0.4, -0.2) is 50.3 Å². The lowest BCUT2D eigenvalue weighted by molar-refractivity contribution is -0.384. The van der Waals surface area contributed by atoms with E-state index in [2.05, 4.69) is 5.32 Å². The molecule has 1 unspecified atom stereocenters. The van der Waals surface area contributed by atoms with Gasteiger partial charge in [0.05, 0.1) is 9.82 Å². The quantitative estimate of drug-likeness (QED) is 0.447. The van der Waals surface area contributed by atoms with Crippen LogP contribution < -0.4 is 16.2 Å². The number of nitrogens with two attached hydrogens (primary N) is 2. The fraction of sp³-hybridized carbons (Fsp3) is 0.533. The van der Waals surface area contributed by atoms with Crippen molar-refractivity contribution in [2.75, 3.05) is 31.5 Å². The van der Waals surface area contributed by atoms with Gasteiger partial charge in [0, 0.05) is 32.1 Å². The van der Waals surface area contributed by atoms with Gasteiger partial charge in [-0.15, -0.1) is 0 Å². The smallest absolute Gasteiger partial charge is 0.293 e. The van der Waals surface area contributed by atoms with Crippen molar-refractivity contribution in [3.63, 3.8) is 0 Å². The van der Waals surface area contributed by atoms with Crippen molar-refractivity contribution < 1.29 is 18.1 Å². The van der Waals surface area contributed by atoms with Crippen LogP contribution in [-0.2, 0) is 14.8 Å². The highest BCUT2D eigenvalue weighted by Crippen LogP contribution is 2.29. The molecule has 0 bridgehead atoms. The first-order chi connectivity index (χ1) is 12.1. The van der Waals surface area contributed by atoms with Crippen LogP contribution in [0.4, 0.5) is 11.4 Å². The fourth-order valence-electron chi connectivity index (χ4n) is 2.85. The van der Waals surface area contributed by atoms with Crippen LogP contribution in [0.5, 0.6) is 0 Å². The number of primary sulfonamides is 1. The van der Waals surface area contributed by atoms with E-state index in [-0.39, 0.29) is 34.9 Å². The molecule has 144 valence electrons. The first kappa shape index (κ1) is 20.1. The van der Waals surface area contributed by atoms with Crippen molar-refractivity contribution in [2.24, 2.45) is 16.3 Å². The third-order valence-corrected chi connectivity index (χ3v) is 5.46. The zero-order valence-corrected chi connectivity index (χ0v) is 15.3. The summed E-state index contributed by atoms with van der Waals surface area (Å²) < 4.78 is 22.6. The molecule has 0 aromatic heterocycles. The van der Waals surface area contributed by atoms with E-state index in [1.807, 2.05) is 6.92 Å². The Morgan fingerprint density at radius 2 is 2.15 bits per heavy atom. The zero-order valence-electron chi connectivity index (χ0n) is 14.5. The first-order valence-corrected chi connectivity index (χ1v) is 9.63. The summed E-state index contributed by atoms with van der Waals surface area (Å²) in [5, 5.41) is 19.0. The number of hydrogen-bond acceptors (Lipinski definition) is 7. The summed E-state index contributed by atoms with van der Waals surface area (Å²) >= 11 is 0. The monoisotopic (exact) mass is 385 g/mol. The third kappa shape index (κ3) is 4.68. The maximum absolute atomic E-state index is 12.3. The number of nitrogens with one attached hydrogen (secondary N) is 1. The molecule has 0 spiro atoms. The van der Waals surface area contributed by atoms with Gasteiger partial charge in [-0.25, -0.2) is 13.6 Å². The Morgan fingerprint density at radius 3 is 2.69 bits per heavy atom. The van der Waals surface area contributed by atoms with E-state index in [4.69, 9.17) is 10.9 Å². The Labute approximate surface area is 151 Å². The molecule has 1 aromatic carbocycles. The molecule has 1 aliphatic rings. The average Bonchev–Trinajstić information content (AvgIpc) is 2.97. The SMILES string of the molecule is CC1(CN)CCN(C(=O)CCNc2ccc(S(N)(=O)=O)cc2[N+](=O)[O-])C1. The summed E-state index contributed by atoms with van der Waals surface area (Å²) in [6.45, 7) is 3.98. The third-order valence-electron chi connectivity index (χ3n) is 4.55. The van der Waals surface area contributed by atoms with Crippen molar-refractivity contribution in [1.82, 2.24) is 4.90 Å². The molecule has 1 aliphatic heterocycles.